The molecule has 2 unspecified atom stereocenters. The molecule has 0 bridgehead atoms. The van der Waals surface area contributed by atoms with Crippen molar-refractivity contribution in [3.05, 3.63) is 143 Å². The minimum atomic E-state index is -1.50. The topological polar surface area (TPSA) is 175 Å². The zero-order valence-corrected chi connectivity index (χ0v) is 39.0. The van der Waals surface area contributed by atoms with Crippen molar-refractivity contribution in [2.75, 3.05) is 32.7 Å². The Morgan fingerprint density at radius 3 is 1.49 bits per heavy atom. The molecule has 2 heterocycles. The van der Waals surface area contributed by atoms with Gasteiger partial charge in [-0.3, -0.25) is 19.5 Å². The number of nitrogens with zero attached hydrogens (tertiary/aromatic N) is 4. The number of rotatable bonds is 12. The summed E-state index contributed by atoms with van der Waals surface area (Å²) in [5.74, 6) is -3.42. The third kappa shape index (κ3) is 15.7. The quantitative estimate of drug-likeness (QED) is 0.121. The van der Waals surface area contributed by atoms with Crippen molar-refractivity contribution < 1.29 is 51.6 Å². The van der Waals surface area contributed by atoms with E-state index in [9.17, 15) is 42.2 Å². The zero-order chi connectivity index (χ0) is 49.2. The maximum atomic E-state index is 13.6. The van der Waals surface area contributed by atoms with E-state index < -0.39 is 88.9 Å². The average molecular weight is 937 g/mol. The number of nitrogens with two attached hydrogens (primary N) is 2. The molecule has 6 N–H and O–H groups in total. The van der Waals surface area contributed by atoms with Crippen LogP contribution in [-0.4, -0.2) is 128 Å². The summed E-state index contributed by atoms with van der Waals surface area (Å²) in [5.41, 5.74) is 13.6. The highest BCUT2D eigenvalue weighted by Gasteiger charge is 2.45. The van der Waals surface area contributed by atoms with Crippen molar-refractivity contribution in [1.29, 1.82) is 0 Å². The normalized spacial score (nSPS) is 18.9. The average Bonchev–Trinajstić information content (AvgIpc) is 3.22. The number of piperazine rings is 2. The lowest BCUT2D eigenvalue weighted by molar-refractivity contribution is -0.148. The maximum Gasteiger partial charge on any atom is 0.411 e. The molecule has 4 aromatic carbocycles. The van der Waals surface area contributed by atoms with Crippen LogP contribution < -0.4 is 11.5 Å². The summed E-state index contributed by atoms with van der Waals surface area (Å²) in [6.07, 6.45) is -3.91. The van der Waals surface area contributed by atoms with Gasteiger partial charge in [0.05, 0.1) is 18.2 Å². The summed E-state index contributed by atoms with van der Waals surface area (Å²) >= 11 is 0. The predicted molar refractivity (Wildman–Crippen MR) is 245 cm³/mol. The van der Waals surface area contributed by atoms with E-state index in [1.165, 1.54) is 21.9 Å². The van der Waals surface area contributed by atoms with Crippen molar-refractivity contribution in [3.8, 4) is 0 Å². The Kier molecular flexibility index (Phi) is 17.9. The van der Waals surface area contributed by atoms with Gasteiger partial charge in [0.2, 0.25) is 5.91 Å². The fraction of sp³-hybridized carbons (Fsp3) is 0.460. The Morgan fingerprint density at radius 1 is 0.612 bits per heavy atom. The van der Waals surface area contributed by atoms with Gasteiger partial charge in [-0.15, -0.1) is 0 Å². The van der Waals surface area contributed by atoms with Gasteiger partial charge in [0, 0.05) is 70.0 Å². The number of aliphatic hydroxyl groups is 2. The third-order valence-electron chi connectivity index (χ3n) is 11.1. The summed E-state index contributed by atoms with van der Waals surface area (Å²) < 4.78 is 65.4. The second-order valence-corrected chi connectivity index (χ2v) is 19.1. The molecule has 4 aromatic rings. The van der Waals surface area contributed by atoms with E-state index in [1.807, 2.05) is 60.7 Å². The Hall–Kier alpha value is -5.59. The van der Waals surface area contributed by atoms with Crippen molar-refractivity contribution >= 4 is 18.1 Å². The number of carbonyl (C=O) groups excluding carboxylic acids is 3. The molecule has 0 saturated carbocycles. The first-order valence-electron chi connectivity index (χ1n) is 22.3. The lowest BCUT2D eigenvalue weighted by Crippen LogP contribution is -2.65. The van der Waals surface area contributed by atoms with E-state index in [2.05, 4.69) is 4.90 Å². The van der Waals surface area contributed by atoms with Crippen LogP contribution in [0.15, 0.2) is 97.1 Å². The molecule has 0 radical (unpaired) electrons. The Bertz CT molecular complexity index is 2220. The zero-order valence-electron chi connectivity index (χ0n) is 39.0. The molecule has 2 fully saturated rings. The van der Waals surface area contributed by atoms with E-state index in [0.717, 1.165) is 35.4 Å². The SMILES string of the molecule is CC(C)(C)OC(=O)N1CCN(Cc2ccccc2)C(=O)[C@@H]1[C@@H](O)C(N)Cc1cc(F)cc(F)c1.CC(C)(C)OC(=O)N1CCN(Cc2ccccc2)C[C@@H]1[C@@H](O)C(N)Cc1cc(F)cc(F)c1. The lowest BCUT2D eigenvalue weighted by atomic mass is 9.94. The Labute approximate surface area is 390 Å². The highest BCUT2D eigenvalue weighted by Crippen LogP contribution is 2.25. The van der Waals surface area contributed by atoms with Crippen LogP contribution in [0.2, 0.25) is 0 Å². The first-order valence-corrected chi connectivity index (χ1v) is 22.3. The van der Waals surface area contributed by atoms with Crippen molar-refractivity contribution in [3.63, 3.8) is 0 Å². The van der Waals surface area contributed by atoms with Crippen molar-refractivity contribution in [2.24, 2.45) is 11.5 Å². The third-order valence-corrected chi connectivity index (χ3v) is 11.1. The molecule has 2 aliphatic rings. The molecular formula is C50H64F4N6O7. The van der Waals surface area contributed by atoms with E-state index in [4.69, 9.17) is 20.9 Å². The van der Waals surface area contributed by atoms with Gasteiger partial charge in [0.15, 0.2) is 0 Å². The first-order chi connectivity index (χ1) is 31.5. The van der Waals surface area contributed by atoms with Crippen LogP contribution >= 0.6 is 0 Å². The van der Waals surface area contributed by atoms with Crippen molar-refractivity contribution in [2.45, 2.75) is 115 Å². The van der Waals surface area contributed by atoms with Gasteiger partial charge >= 0.3 is 12.2 Å². The van der Waals surface area contributed by atoms with Gasteiger partial charge in [0.1, 0.15) is 40.5 Å². The van der Waals surface area contributed by atoms with Gasteiger partial charge in [0.25, 0.3) is 0 Å². The Balaban J connectivity index is 0.000000251. The summed E-state index contributed by atoms with van der Waals surface area (Å²) in [6, 6.07) is 21.6. The number of hydrogen-bond donors (Lipinski definition) is 4. The van der Waals surface area contributed by atoms with Crippen LogP contribution in [-0.2, 0) is 40.2 Å². The molecule has 3 amide bonds. The molecular weight excluding hydrogens is 873 g/mol. The number of benzene rings is 4. The van der Waals surface area contributed by atoms with Gasteiger partial charge in [-0.25, -0.2) is 27.2 Å². The van der Waals surface area contributed by atoms with Gasteiger partial charge < -0.3 is 36.1 Å². The second-order valence-electron chi connectivity index (χ2n) is 19.1. The lowest BCUT2D eigenvalue weighted by Gasteiger charge is -2.44. The second kappa shape index (κ2) is 22.9. The van der Waals surface area contributed by atoms with Crippen molar-refractivity contribution in [1.82, 2.24) is 19.6 Å². The number of ether oxygens (including phenoxy) is 2. The molecule has 2 saturated heterocycles. The molecule has 13 nitrogen and oxygen atoms in total. The highest BCUT2D eigenvalue weighted by molar-refractivity contribution is 5.87. The predicted octanol–water partition coefficient (Wildman–Crippen LogP) is 6.16. The number of aliphatic hydroxyl groups excluding tert-OH is 2. The molecule has 2 aliphatic heterocycles. The largest absolute Gasteiger partial charge is 0.444 e. The van der Waals surface area contributed by atoms with E-state index >= 15 is 0 Å². The molecule has 6 rings (SSSR count). The number of halogens is 4. The number of hydrogen-bond acceptors (Lipinski definition) is 10. The highest BCUT2D eigenvalue weighted by atomic mass is 19.1. The molecule has 67 heavy (non-hydrogen) atoms. The fourth-order valence-electron chi connectivity index (χ4n) is 8.07. The molecule has 6 atom stereocenters. The number of carbonyl (C=O) groups is 3. The standard InChI is InChI=1S/C25H31F2N3O4.C25H33F2N3O3/c1-25(2,3)34-24(33)30-10-9-29(15-16-7-5-4-6-8-16)23(32)21(30)22(31)20(28)13-17-11-18(26)14-19(27)12-17;1-25(2,3)33-24(32)30-10-9-29(15-17-7-5-4-6-8-17)16-22(30)23(31)21(28)13-18-11-19(26)14-20(27)12-18/h4-8,11-12,14,20-22,31H,9-10,13,15,28H2,1-3H3;4-8,11-12,14,21-23,31H,9-10,13,15-16,28H2,1-3H3/t20?,21-,22-;21?,22-,23+/m01/s1. The van der Waals surface area contributed by atoms with Crippen LogP contribution in [0.5, 0.6) is 0 Å². The van der Waals surface area contributed by atoms with Gasteiger partial charge in [-0.05, 0) is 101 Å². The smallest absolute Gasteiger partial charge is 0.411 e. The van der Waals surface area contributed by atoms with Crippen LogP contribution in [0, 0.1) is 23.3 Å². The molecule has 0 aromatic heterocycles. The first kappa shape index (κ1) is 52.4. The fourth-order valence-corrected chi connectivity index (χ4v) is 8.07. The number of amides is 3. The van der Waals surface area contributed by atoms with Crippen LogP contribution in [0.4, 0.5) is 27.2 Å². The minimum Gasteiger partial charge on any atom is -0.444 e. The molecule has 0 spiro atoms. The van der Waals surface area contributed by atoms with E-state index in [1.54, 1.807) is 46.4 Å². The maximum absolute atomic E-state index is 13.6. The van der Waals surface area contributed by atoms with Gasteiger partial charge in [-0.1, -0.05) is 60.7 Å². The minimum absolute atomic E-state index is 0.0627. The van der Waals surface area contributed by atoms with E-state index in [0.29, 0.717) is 38.3 Å². The molecule has 0 aliphatic carbocycles. The van der Waals surface area contributed by atoms with Crippen LogP contribution in [0.25, 0.3) is 0 Å². The summed E-state index contributed by atoms with van der Waals surface area (Å²) in [6.45, 7) is 13.2. The van der Waals surface area contributed by atoms with Gasteiger partial charge in [-0.2, -0.15) is 0 Å². The molecule has 17 heteroatoms. The summed E-state index contributed by atoms with van der Waals surface area (Å²) in [4.78, 5) is 45.7. The summed E-state index contributed by atoms with van der Waals surface area (Å²) in [7, 11) is 0. The Morgan fingerprint density at radius 2 is 1.03 bits per heavy atom. The molecule has 364 valence electrons. The monoisotopic (exact) mass is 936 g/mol. The van der Waals surface area contributed by atoms with Crippen LogP contribution in [0.1, 0.15) is 63.8 Å². The summed E-state index contributed by atoms with van der Waals surface area (Å²) in [5, 5.41) is 22.3. The van der Waals surface area contributed by atoms with Crippen LogP contribution in [0.3, 0.4) is 0 Å². The van der Waals surface area contributed by atoms with E-state index in [-0.39, 0.29) is 31.5 Å².